The Kier molecular flexibility index (Phi) is 7.95. The smallest absolute Gasteiger partial charge is 0.130 e. The summed E-state index contributed by atoms with van der Waals surface area (Å²) in [4.78, 5) is 9.74. The van der Waals surface area contributed by atoms with Crippen LogP contribution in [0.15, 0.2) is 61.2 Å². The van der Waals surface area contributed by atoms with E-state index in [1.165, 1.54) is 54.5 Å². The van der Waals surface area contributed by atoms with Crippen LogP contribution in [0.2, 0.25) is 0 Å². The van der Waals surface area contributed by atoms with E-state index < -0.39 is 0 Å². The molecule has 0 atom stereocenters. The van der Waals surface area contributed by atoms with Gasteiger partial charge in [0.2, 0.25) is 0 Å². The van der Waals surface area contributed by atoms with Crippen LogP contribution in [0.4, 0.5) is 17.2 Å². The van der Waals surface area contributed by atoms with Crippen molar-refractivity contribution in [2.75, 3.05) is 43.4 Å². The molecule has 2 aliphatic rings. The number of benzene rings is 2. The van der Waals surface area contributed by atoms with Crippen LogP contribution in [0.1, 0.15) is 60.1 Å². The fraction of sp³-hybridized carbons (Fsp3) is 0.424. The van der Waals surface area contributed by atoms with Crippen molar-refractivity contribution < 1.29 is 0 Å². The Bertz CT molecular complexity index is 1230. The van der Waals surface area contributed by atoms with Crippen molar-refractivity contribution in [3.05, 3.63) is 89.1 Å². The highest BCUT2D eigenvalue weighted by atomic mass is 15.2. The third-order valence-electron chi connectivity index (χ3n) is 8.38. The molecule has 1 aliphatic carbocycles. The van der Waals surface area contributed by atoms with E-state index in [9.17, 15) is 0 Å². The third-order valence-corrected chi connectivity index (χ3v) is 8.38. The molecule has 2 fully saturated rings. The SMILES string of the molecule is C=C(c1ccc(C)c(CCCC2CCC2)c1)c1ccc(Nc2cccc(N3CCN(C)CC3)c2)nc1C. The Hall–Kier alpha value is -3.11. The molecule has 2 aromatic carbocycles. The highest BCUT2D eigenvalue weighted by molar-refractivity contribution is 5.80. The predicted octanol–water partition coefficient (Wildman–Crippen LogP) is 7.38. The number of aryl methyl sites for hydroxylation is 3. The lowest BCUT2D eigenvalue weighted by Crippen LogP contribution is -2.44. The number of piperazine rings is 1. The quantitative estimate of drug-likeness (QED) is 0.336. The van der Waals surface area contributed by atoms with E-state index in [0.717, 1.165) is 66.9 Å². The number of likely N-dealkylation sites (N-methyl/N-ethyl adjacent to an activating group) is 1. The van der Waals surface area contributed by atoms with Crippen molar-refractivity contribution >= 4 is 22.8 Å². The number of nitrogens with one attached hydrogen (secondary N) is 1. The zero-order chi connectivity index (χ0) is 25.8. The maximum Gasteiger partial charge on any atom is 0.130 e. The number of hydrogen-bond acceptors (Lipinski definition) is 4. The van der Waals surface area contributed by atoms with E-state index in [0.29, 0.717) is 0 Å². The van der Waals surface area contributed by atoms with Crippen LogP contribution in [0, 0.1) is 19.8 Å². The molecule has 1 N–H and O–H groups in total. The van der Waals surface area contributed by atoms with Crippen LogP contribution < -0.4 is 10.2 Å². The van der Waals surface area contributed by atoms with E-state index >= 15 is 0 Å². The Labute approximate surface area is 223 Å². The van der Waals surface area contributed by atoms with E-state index in [4.69, 9.17) is 4.98 Å². The van der Waals surface area contributed by atoms with Crippen LogP contribution in [0.25, 0.3) is 5.57 Å². The van der Waals surface area contributed by atoms with Crippen LogP contribution in [-0.2, 0) is 6.42 Å². The molecule has 1 aliphatic heterocycles. The monoisotopic (exact) mass is 494 g/mol. The predicted molar refractivity (Wildman–Crippen MR) is 158 cm³/mol. The number of rotatable bonds is 9. The van der Waals surface area contributed by atoms with Crippen molar-refractivity contribution in [2.24, 2.45) is 5.92 Å². The summed E-state index contributed by atoms with van der Waals surface area (Å²) < 4.78 is 0. The minimum Gasteiger partial charge on any atom is -0.369 e. The van der Waals surface area contributed by atoms with Crippen molar-refractivity contribution in [1.82, 2.24) is 9.88 Å². The van der Waals surface area contributed by atoms with Crippen molar-refractivity contribution in [2.45, 2.75) is 52.4 Å². The maximum atomic E-state index is 4.90. The van der Waals surface area contributed by atoms with Crippen molar-refractivity contribution in [1.29, 1.82) is 0 Å². The van der Waals surface area contributed by atoms with Gasteiger partial charge in [0.1, 0.15) is 5.82 Å². The van der Waals surface area contributed by atoms with Crippen LogP contribution in [0.5, 0.6) is 0 Å². The van der Waals surface area contributed by atoms with Crippen molar-refractivity contribution in [3.8, 4) is 0 Å². The summed E-state index contributed by atoms with van der Waals surface area (Å²) in [5, 5.41) is 3.52. The Balaban J connectivity index is 1.25. The first-order chi connectivity index (χ1) is 18.0. The summed E-state index contributed by atoms with van der Waals surface area (Å²) in [5.41, 5.74) is 9.55. The van der Waals surface area contributed by atoms with Crippen LogP contribution >= 0.6 is 0 Å². The lowest BCUT2D eigenvalue weighted by atomic mass is 9.81. The van der Waals surface area contributed by atoms with E-state index in [1.54, 1.807) is 0 Å². The fourth-order valence-corrected chi connectivity index (χ4v) is 5.59. The van der Waals surface area contributed by atoms with Crippen LogP contribution in [-0.4, -0.2) is 43.1 Å². The Morgan fingerprint density at radius 2 is 1.81 bits per heavy atom. The molecule has 5 rings (SSSR count). The van der Waals surface area contributed by atoms with Crippen molar-refractivity contribution in [3.63, 3.8) is 0 Å². The number of aromatic nitrogens is 1. The zero-order valence-corrected chi connectivity index (χ0v) is 22.9. The van der Waals surface area contributed by atoms with Gasteiger partial charge in [0, 0.05) is 48.8 Å². The molecule has 0 radical (unpaired) electrons. The summed E-state index contributed by atoms with van der Waals surface area (Å²) in [6.07, 6.45) is 8.14. The molecule has 4 heteroatoms. The standard InChI is InChI=1S/C33H42N4/c1-24-14-15-29(22-28(24)11-6-10-27-8-5-9-27)25(2)32-16-17-33(34-26(32)3)35-30-12-7-13-31(23-30)37-20-18-36(4)19-21-37/h7,12-17,22-23,27H,2,5-6,8-11,18-21H2,1,3-4H3,(H,34,35). The molecule has 0 spiro atoms. The minimum absolute atomic E-state index is 0.866. The second-order valence-corrected chi connectivity index (χ2v) is 11.1. The van der Waals surface area contributed by atoms with Gasteiger partial charge in [-0.05, 0) is 92.2 Å². The van der Waals surface area contributed by atoms with Gasteiger partial charge >= 0.3 is 0 Å². The first-order valence-corrected chi connectivity index (χ1v) is 14.0. The Morgan fingerprint density at radius 1 is 1.00 bits per heavy atom. The largest absolute Gasteiger partial charge is 0.369 e. The molecule has 1 saturated heterocycles. The maximum absolute atomic E-state index is 4.90. The van der Waals surface area contributed by atoms with E-state index in [-0.39, 0.29) is 0 Å². The van der Waals surface area contributed by atoms with Gasteiger partial charge in [-0.15, -0.1) is 0 Å². The molecule has 4 nitrogen and oxygen atoms in total. The Morgan fingerprint density at radius 3 is 2.54 bits per heavy atom. The average Bonchev–Trinajstić information content (AvgIpc) is 2.87. The normalized spacial score (nSPS) is 16.5. The second-order valence-electron chi connectivity index (χ2n) is 11.1. The third kappa shape index (κ3) is 6.24. The van der Waals surface area contributed by atoms with Crippen LogP contribution in [0.3, 0.4) is 0 Å². The van der Waals surface area contributed by atoms with Gasteiger partial charge in [0.15, 0.2) is 0 Å². The molecular weight excluding hydrogens is 452 g/mol. The van der Waals surface area contributed by atoms with Gasteiger partial charge < -0.3 is 15.1 Å². The second kappa shape index (κ2) is 11.5. The molecular formula is C33H42N4. The van der Waals surface area contributed by atoms with Gasteiger partial charge in [-0.25, -0.2) is 4.98 Å². The highest BCUT2D eigenvalue weighted by Gasteiger charge is 2.17. The number of nitrogens with zero attached hydrogens (tertiary/aromatic N) is 3. The number of anilines is 3. The summed E-state index contributed by atoms with van der Waals surface area (Å²) >= 11 is 0. The van der Waals surface area contributed by atoms with Gasteiger partial charge in [0.05, 0.1) is 0 Å². The summed E-state index contributed by atoms with van der Waals surface area (Å²) in [5.74, 6) is 1.85. The van der Waals surface area contributed by atoms with Gasteiger partial charge in [0.25, 0.3) is 0 Å². The van der Waals surface area contributed by atoms with Gasteiger partial charge in [-0.1, -0.05) is 56.5 Å². The molecule has 1 saturated carbocycles. The molecule has 1 aromatic heterocycles. The number of pyridine rings is 1. The topological polar surface area (TPSA) is 31.4 Å². The lowest BCUT2D eigenvalue weighted by Gasteiger charge is -2.34. The molecule has 0 amide bonds. The first-order valence-electron chi connectivity index (χ1n) is 14.0. The summed E-state index contributed by atoms with van der Waals surface area (Å²) in [6, 6.07) is 19.7. The molecule has 0 bridgehead atoms. The minimum atomic E-state index is 0.866. The van der Waals surface area contributed by atoms with E-state index in [1.807, 2.05) is 0 Å². The first kappa shape index (κ1) is 25.5. The highest BCUT2D eigenvalue weighted by Crippen LogP contribution is 2.32. The fourth-order valence-electron chi connectivity index (χ4n) is 5.59. The lowest BCUT2D eigenvalue weighted by molar-refractivity contribution is 0.290. The average molecular weight is 495 g/mol. The summed E-state index contributed by atoms with van der Waals surface area (Å²) in [7, 11) is 2.19. The van der Waals surface area contributed by atoms with Gasteiger partial charge in [-0.2, -0.15) is 0 Å². The van der Waals surface area contributed by atoms with Gasteiger partial charge in [-0.3, -0.25) is 0 Å². The molecule has 2 heterocycles. The molecule has 194 valence electrons. The molecule has 0 unspecified atom stereocenters. The molecule has 3 aromatic rings. The zero-order valence-electron chi connectivity index (χ0n) is 22.9. The molecule has 37 heavy (non-hydrogen) atoms. The summed E-state index contributed by atoms with van der Waals surface area (Å²) in [6.45, 7) is 13.1. The number of hydrogen-bond donors (Lipinski definition) is 1. The van der Waals surface area contributed by atoms with E-state index in [2.05, 4.69) is 97.2 Å².